The highest BCUT2D eigenvalue weighted by atomic mass is 32.1. The van der Waals surface area contributed by atoms with Gasteiger partial charge in [-0.25, -0.2) is 0 Å². The zero-order valence-electron chi connectivity index (χ0n) is 15.6. The second-order valence-corrected chi connectivity index (χ2v) is 6.94. The van der Waals surface area contributed by atoms with Crippen LogP contribution in [0.25, 0.3) is 10.1 Å². The average molecular weight is 365 g/mol. The number of aromatic nitrogens is 1. The van der Waals surface area contributed by atoms with E-state index in [0.717, 1.165) is 23.2 Å². The summed E-state index contributed by atoms with van der Waals surface area (Å²) in [4.78, 5) is 26.7. The molecule has 1 unspecified atom stereocenters. The molecule has 1 saturated heterocycles. The molecule has 7 heteroatoms. The van der Waals surface area contributed by atoms with E-state index in [4.69, 9.17) is 4.74 Å². The number of thiophene rings is 1. The van der Waals surface area contributed by atoms with Gasteiger partial charge in [0.25, 0.3) is 11.5 Å². The zero-order chi connectivity index (χ0) is 18.6. The number of amides is 1. The molecular formula is C18H27N3O3S. The van der Waals surface area contributed by atoms with E-state index in [1.807, 2.05) is 27.1 Å². The fraction of sp³-hybridized carbons (Fsp3) is 0.556. The van der Waals surface area contributed by atoms with E-state index in [1.54, 1.807) is 17.7 Å². The topological polar surface area (TPSA) is 63.6 Å². The Kier molecular flexibility index (Phi) is 6.75. The maximum Gasteiger partial charge on any atom is 0.259 e. The highest BCUT2D eigenvalue weighted by Crippen LogP contribution is 2.30. The molecule has 0 spiro atoms. The molecule has 0 aromatic carbocycles. The maximum absolute atomic E-state index is 12.4. The Morgan fingerprint density at radius 3 is 2.76 bits per heavy atom. The molecule has 2 aromatic rings. The van der Waals surface area contributed by atoms with Gasteiger partial charge in [0.1, 0.15) is 6.10 Å². The summed E-state index contributed by atoms with van der Waals surface area (Å²) in [5.41, 5.74) is 1.07. The first kappa shape index (κ1) is 19.6. The van der Waals surface area contributed by atoms with E-state index >= 15 is 0 Å². The van der Waals surface area contributed by atoms with Gasteiger partial charge in [-0.1, -0.05) is 20.8 Å². The van der Waals surface area contributed by atoms with Crippen molar-refractivity contribution in [3.8, 4) is 0 Å². The first-order chi connectivity index (χ1) is 12.0. The maximum atomic E-state index is 12.4. The Morgan fingerprint density at radius 1 is 1.40 bits per heavy atom. The summed E-state index contributed by atoms with van der Waals surface area (Å²) in [6.07, 6.45) is 2.24. The smallest absolute Gasteiger partial charge is 0.259 e. The molecule has 1 atom stereocenters. The predicted molar refractivity (Wildman–Crippen MR) is 104 cm³/mol. The summed E-state index contributed by atoms with van der Waals surface area (Å²) >= 11 is 1.45. The third-order valence-corrected chi connectivity index (χ3v) is 5.24. The van der Waals surface area contributed by atoms with E-state index in [1.165, 1.54) is 11.3 Å². The fourth-order valence-corrected chi connectivity index (χ4v) is 3.91. The number of carbonyl (C=O) groups excluding carboxylic acids is 1. The van der Waals surface area contributed by atoms with Gasteiger partial charge in [-0.15, -0.1) is 11.3 Å². The summed E-state index contributed by atoms with van der Waals surface area (Å²) in [5, 5.41) is 4.25. The number of rotatable bonds is 3. The SMILES string of the molecule is CC.CCc1cn(C)c(=O)c2cc(NC(=O)C3CN(C)CCO3)sc12. The molecule has 1 aliphatic rings. The van der Waals surface area contributed by atoms with Crippen LogP contribution in [0.4, 0.5) is 5.00 Å². The molecule has 1 N–H and O–H groups in total. The van der Waals surface area contributed by atoms with Gasteiger partial charge in [0.2, 0.25) is 0 Å². The second-order valence-electron chi connectivity index (χ2n) is 5.89. The van der Waals surface area contributed by atoms with Gasteiger partial charge in [-0.05, 0) is 25.1 Å². The van der Waals surface area contributed by atoms with Crippen molar-refractivity contribution in [1.29, 1.82) is 0 Å². The number of hydrogen-bond acceptors (Lipinski definition) is 5. The normalized spacial score (nSPS) is 17.9. The number of aryl methyl sites for hydroxylation is 2. The number of nitrogens with one attached hydrogen (secondary N) is 1. The third kappa shape index (κ3) is 4.29. The van der Waals surface area contributed by atoms with E-state index in [2.05, 4.69) is 17.1 Å². The van der Waals surface area contributed by atoms with Crippen molar-refractivity contribution < 1.29 is 9.53 Å². The molecular weight excluding hydrogens is 338 g/mol. The Morgan fingerprint density at radius 2 is 2.12 bits per heavy atom. The van der Waals surface area contributed by atoms with Gasteiger partial charge in [0, 0.05) is 31.0 Å². The highest BCUT2D eigenvalue weighted by Gasteiger charge is 2.25. The standard InChI is InChI=1S/C16H21N3O3S.C2H6/c1-4-10-8-19(3)16(21)11-7-13(23-14(10)11)17-15(20)12-9-18(2)5-6-22-12;1-2/h7-8,12H,4-6,9H2,1-3H3,(H,17,20);1-2H3. The molecule has 1 fully saturated rings. The quantitative estimate of drug-likeness (QED) is 0.908. The van der Waals surface area contributed by atoms with Gasteiger partial charge in [0.05, 0.1) is 17.0 Å². The fourth-order valence-electron chi connectivity index (χ4n) is 2.78. The first-order valence-corrected chi connectivity index (χ1v) is 9.54. The van der Waals surface area contributed by atoms with Crippen LogP contribution < -0.4 is 10.9 Å². The Bertz CT molecular complexity index is 797. The van der Waals surface area contributed by atoms with Gasteiger partial charge in [-0.2, -0.15) is 0 Å². The number of ether oxygens (including phenoxy) is 1. The summed E-state index contributed by atoms with van der Waals surface area (Å²) in [5.74, 6) is -0.155. The molecule has 2 aromatic heterocycles. The van der Waals surface area contributed by atoms with Crippen LogP contribution in [0, 0.1) is 0 Å². The lowest BCUT2D eigenvalue weighted by atomic mass is 10.2. The molecule has 0 bridgehead atoms. The molecule has 0 radical (unpaired) electrons. The highest BCUT2D eigenvalue weighted by molar-refractivity contribution is 7.23. The number of anilines is 1. The van der Waals surface area contributed by atoms with Crippen LogP contribution in [0.5, 0.6) is 0 Å². The van der Waals surface area contributed by atoms with Gasteiger partial charge >= 0.3 is 0 Å². The zero-order valence-corrected chi connectivity index (χ0v) is 16.4. The van der Waals surface area contributed by atoms with Crippen LogP contribution in [0.1, 0.15) is 26.3 Å². The molecule has 3 heterocycles. The summed E-state index contributed by atoms with van der Waals surface area (Å²) in [6.45, 7) is 8.03. The minimum Gasteiger partial charge on any atom is -0.366 e. The van der Waals surface area contributed by atoms with Gasteiger partial charge in [-0.3, -0.25) is 9.59 Å². The molecule has 25 heavy (non-hydrogen) atoms. The van der Waals surface area contributed by atoms with Crippen LogP contribution in [0.15, 0.2) is 17.1 Å². The van der Waals surface area contributed by atoms with Crippen LogP contribution >= 0.6 is 11.3 Å². The number of morpholine rings is 1. The number of likely N-dealkylation sites (N-methyl/N-ethyl adjacent to an activating group) is 1. The first-order valence-electron chi connectivity index (χ1n) is 8.72. The molecule has 0 saturated carbocycles. The van der Waals surface area contributed by atoms with Crippen molar-refractivity contribution in [1.82, 2.24) is 9.47 Å². The van der Waals surface area contributed by atoms with E-state index < -0.39 is 6.10 Å². The van der Waals surface area contributed by atoms with Crippen LogP contribution in [0.3, 0.4) is 0 Å². The lowest BCUT2D eigenvalue weighted by Gasteiger charge is -2.28. The van der Waals surface area contributed by atoms with Crippen molar-refractivity contribution >= 4 is 32.3 Å². The molecule has 6 nitrogen and oxygen atoms in total. The molecule has 1 amide bonds. The molecule has 3 rings (SSSR count). The summed E-state index contributed by atoms with van der Waals surface area (Å²) in [6, 6.07) is 1.77. The number of fused-ring (bicyclic) bond motifs is 1. The van der Waals surface area contributed by atoms with Crippen LogP contribution in [0.2, 0.25) is 0 Å². The van der Waals surface area contributed by atoms with Gasteiger partial charge < -0.3 is 19.5 Å². The third-order valence-electron chi connectivity index (χ3n) is 4.11. The molecule has 138 valence electrons. The molecule has 1 aliphatic heterocycles. The van der Waals surface area contributed by atoms with Crippen molar-refractivity contribution in [2.24, 2.45) is 7.05 Å². The minimum absolute atomic E-state index is 0.0393. The Balaban J connectivity index is 0.00000109. The van der Waals surface area contributed by atoms with Crippen LogP contribution in [-0.2, 0) is 23.0 Å². The van der Waals surface area contributed by atoms with E-state index in [-0.39, 0.29) is 11.5 Å². The monoisotopic (exact) mass is 365 g/mol. The summed E-state index contributed by atoms with van der Waals surface area (Å²) < 4.78 is 8.08. The number of nitrogens with zero attached hydrogens (tertiary/aromatic N) is 2. The second kappa shape index (κ2) is 8.60. The van der Waals surface area contributed by atoms with E-state index in [9.17, 15) is 9.59 Å². The predicted octanol–water partition coefficient (Wildman–Crippen LogP) is 2.46. The lowest BCUT2D eigenvalue weighted by molar-refractivity contribution is -0.132. The number of pyridine rings is 1. The van der Waals surface area contributed by atoms with Crippen molar-refractivity contribution in [2.75, 3.05) is 32.1 Å². The minimum atomic E-state index is -0.465. The van der Waals surface area contributed by atoms with Crippen molar-refractivity contribution in [3.05, 3.63) is 28.2 Å². The van der Waals surface area contributed by atoms with E-state index in [0.29, 0.717) is 23.5 Å². The Labute approximate surface area is 152 Å². The van der Waals surface area contributed by atoms with Crippen molar-refractivity contribution in [2.45, 2.75) is 33.3 Å². The van der Waals surface area contributed by atoms with Crippen LogP contribution in [-0.4, -0.2) is 48.2 Å². The number of hydrogen-bond donors (Lipinski definition) is 1. The van der Waals surface area contributed by atoms with Gasteiger partial charge in [0.15, 0.2) is 0 Å². The van der Waals surface area contributed by atoms with Crippen molar-refractivity contribution in [3.63, 3.8) is 0 Å². The largest absolute Gasteiger partial charge is 0.366 e. The lowest BCUT2D eigenvalue weighted by Crippen LogP contribution is -2.46. The average Bonchev–Trinajstić information content (AvgIpc) is 3.04. The Hall–Kier alpha value is -1.70. The number of carbonyl (C=O) groups is 1. The molecule has 0 aliphatic carbocycles. The summed E-state index contributed by atoms with van der Waals surface area (Å²) in [7, 11) is 3.72.